The molecule has 1 N–H and O–H groups in total. The molecule has 114 valence electrons. The van der Waals surface area contributed by atoms with Gasteiger partial charge in [0.05, 0.1) is 6.20 Å². The molecule has 0 spiro atoms. The van der Waals surface area contributed by atoms with Crippen molar-refractivity contribution < 1.29 is 14.3 Å². The summed E-state index contributed by atoms with van der Waals surface area (Å²) in [6, 6.07) is 0.163. The van der Waals surface area contributed by atoms with E-state index in [0.717, 1.165) is 12.8 Å². The number of nitrogens with one attached hydrogen (secondary N) is 1. The van der Waals surface area contributed by atoms with E-state index in [-0.39, 0.29) is 24.2 Å². The summed E-state index contributed by atoms with van der Waals surface area (Å²) in [6.45, 7) is 4.07. The molecule has 1 aliphatic carbocycles. The summed E-state index contributed by atoms with van der Waals surface area (Å²) in [7, 11) is 0. The number of hydrogen-bond acceptors (Lipinski definition) is 5. The first-order valence-corrected chi connectivity index (χ1v) is 7.30. The summed E-state index contributed by atoms with van der Waals surface area (Å²) in [6.07, 6.45) is 7.49. The van der Waals surface area contributed by atoms with Crippen molar-refractivity contribution in [1.82, 2.24) is 15.3 Å². The van der Waals surface area contributed by atoms with E-state index in [4.69, 9.17) is 4.74 Å². The molecular weight excluding hydrogens is 270 g/mol. The third-order valence-electron chi connectivity index (χ3n) is 4.16. The topological polar surface area (TPSA) is 81.2 Å². The van der Waals surface area contributed by atoms with Gasteiger partial charge in [-0.2, -0.15) is 0 Å². The number of rotatable bonds is 4. The highest BCUT2D eigenvalue weighted by atomic mass is 16.5. The molecule has 1 heterocycles. The summed E-state index contributed by atoms with van der Waals surface area (Å²) in [5.74, 6) is 0.145. The van der Waals surface area contributed by atoms with Crippen molar-refractivity contribution in [3.63, 3.8) is 0 Å². The van der Waals surface area contributed by atoms with Crippen LogP contribution in [0.25, 0.3) is 0 Å². The fraction of sp³-hybridized carbons (Fsp3) is 0.600. The number of aromatic nitrogens is 2. The summed E-state index contributed by atoms with van der Waals surface area (Å²) >= 11 is 0. The fourth-order valence-electron chi connectivity index (χ4n) is 2.64. The van der Waals surface area contributed by atoms with Crippen molar-refractivity contribution in [3.05, 3.63) is 24.3 Å². The van der Waals surface area contributed by atoms with Crippen molar-refractivity contribution in [2.24, 2.45) is 11.8 Å². The van der Waals surface area contributed by atoms with Gasteiger partial charge >= 0.3 is 5.97 Å². The Balaban J connectivity index is 1.78. The number of esters is 1. The van der Waals surface area contributed by atoms with Crippen LogP contribution in [0.4, 0.5) is 0 Å². The largest absolute Gasteiger partial charge is 0.451 e. The van der Waals surface area contributed by atoms with Gasteiger partial charge in [0.15, 0.2) is 12.3 Å². The highest BCUT2D eigenvalue weighted by Crippen LogP contribution is 2.29. The Kier molecular flexibility index (Phi) is 5.25. The van der Waals surface area contributed by atoms with Gasteiger partial charge in [0.25, 0.3) is 5.91 Å². The van der Waals surface area contributed by atoms with Gasteiger partial charge < -0.3 is 10.1 Å². The molecule has 0 saturated heterocycles. The molecule has 1 aromatic heterocycles. The molecule has 6 heteroatoms. The Hall–Kier alpha value is -1.98. The SMILES string of the molecule is CC1CCCC(NC(=O)COC(=O)c2cnccn2)C1C. The van der Waals surface area contributed by atoms with Crippen LogP contribution in [-0.2, 0) is 9.53 Å². The van der Waals surface area contributed by atoms with Crippen LogP contribution in [0.5, 0.6) is 0 Å². The highest BCUT2D eigenvalue weighted by molar-refractivity contribution is 5.89. The molecule has 21 heavy (non-hydrogen) atoms. The quantitative estimate of drug-likeness (QED) is 0.852. The van der Waals surface area contributed by atoms with Gasteiger partial charge in [0, 0.05) is 18.4 Å². The third-order valence-corrected chi connectivity index (χ3v) is 4.16. The van der Waals surface area contributed by atoms with Crippen molar-refractivity contribution in [1.29, 1.82) is 0 Å². The molecule has 0 bridgehead atoms. The lowest BCUT2D eigenvalue weighted by Crippen LogP contribution is -2.45. The predicted molar refractivity (Wildman–Crippen MR) is 76.4 cm³/mol. The summed E-state index contributed by atoms with van der Waals surface area (Å²) in [5, 5.41) is 2.95. The molecular formula is C15H21N3O3. The van der Waals surface area contributed by atoms with Crippen molar-refractivity contribution in [2.45, 2.75) is 39.2 Å². The van der Waals surface area contributed by atoms with E-state index in [0.29, 0.717) is 11.8 Å². The summed E-state index contributed by atoms with van der Waals surface area (Å²) in [4.78, 5) is 31.1. The zero-order chi connectivity index (χ0) is 15.2. The summed E-state index contributed by atoms with van der Waals surface area (Å²) < 4.78 is 4.94. The van der Waals surface area contributed by atoms with E-state index in [9.17, 15) is 9.59 Å². The van der Waals surface area contributed by atoms with E-state index >= 15 is 0 Å². The second-order valence-electron chi connectivity index (χ2n) is 5.61. The van der Waals surface area contributed by atoms with Gasteiger partial charge in [-0.15, -0.1) is 0 Å². The number of hydrogen-bond donors (Lipinski definition) is 1. The van der Waals surface area contributed by atoms with Crippen molar-refractivity contribution in [3.8, 4) is 0 Å². The number of amides is 1. The van der Waals surface area contributed by atoms with Crippen LogP contribution in [0.3, 0.4) is 0 Å². The molecule has 1 amide bonds. The van der Waals surface area contributed by atoms with E-state index in [1.165, 1.54) is 25.0 Å². The molecule has 1 aromatic rings. The maximum absolute atomic E-state index is 11.9. The standard InChI is InChI=1S/C15H21N3O3/c1-10-4-3-5-12(11(10)2)18-14(19)9-21-15(20)13-8-16-6-7-17-13/h6-8,10-12H,3-5,9H2,1-2H3,(H,18,19). The van der Waals surface area contributed by atoms with Crippen LogP contribution in [0.2, 0.25) is 0 Å². The highest BCUT2D eigenvalue weighted by Gasteiger charge is 2.28. The fourth-order valence-corrected chi connectivity index (χ4v) is 2.64. The van der Waals surface area contributed by atoms with Crippen LogP contribution in [0, 0.1) is 11.8 Å². The first-order chi connectivity index (χ1) is 10.1. The number of nitrogens with zero attached hydrogens (tertiary/aromatic N) is 2. The molecule has 0 aromatic carbocycles. The normalized spacial score (nSPS) is 25.1. The van der Waals surface area contributed by atoms with Gasteiger partial charge in [0.2, 0.25) is 0 Å². The van der Waals surface area contributed by atoms with Gasteiger partial charge in [-0.05, 0) is 18.3 Å². The van der Waals surface area contributed by atoms with Crippen molar-refractivity contribution >= 4 is 11.9 Å². The van der Waals surface area contributed by atoms with Crippen LogP contribution in [-0.4, -0.2) is 34.5 Å². The molecule has 1 saturated carbocycles. The Morgan fingerprint density at radius 3 is 2.86 bits per heavy atom. The molecule has 3 atom stereocenters. The first-order valence-electron chi connectivity index (χ1n) is 7.30. The Morgan fingerprint density at radius 2 is 2.14 bits per heavy atom. The lowest BCUT2D eigenvalue weighted by atomic mass is 9.78. The lowest BCUT2D eigenvalue weighted by molar-refractivity contribution is -0.125. The zero-order valence-corrected chi connectivity index (χ0v) is 12.4. The van der Waals surface area contributed by atoms with Crippen LogP contribution in [0.1, 0.15) is 43.6 Å². The van der Waals surface area contributed by atoms with E-state index in [1.807, 2.05) is 0 Å². The van der Waals surface area contributed by atoms with E-state index in [2.05, 4.69) is 29.1 Å². The minimum Gasteiger partial charge on any atom is -0.451 e. The third kappa shape index (κ3) is 4.24. The van der Waals surface area contributed by atoms with Gasteiger partial charge in [-0.25, -0.2) is 9.78 Å². The smallest absolute Gasteiger partial charge is 0.359 e. The average Bonchev–Trinajstić information content (AvgIpc) is 2.50. The van der Waals surface area contributed by atoms with E-state index in [1.54, 1.807) is 0 Å². The number of carbonyl (C=O) groups is 2. The minimum atomic E-state index is -0.636. The van der Waals surface area contributed by atoms with Crippen LogP contribution in [0.15, 0.2) is 18.6 Å². The van der Waals surface area contributed by atoms with Gasteiger partial charge in [0.1, 0.15) is 0 Å². The molecule has 6 nitrogen and oxygen atoms in total. The van der Waals surface area contributed by atoms with Crippen molar-refractivity contribution in [2.75, 3.05) is 6.61 Å². The van der Waals surface area contributed by atoms with Crippen LogP contribution >= 0.6 is 0 Å². The maximum atomic E-state index is 11.9. The average molecular weight is 291 g/mol. The second kappa shape index (κ2) is 7.15. The second-order valence-corrected chi connectivity index (χ2v) is 5.61. The van der Waals surface area contributed by atoms with Crippen LogP contribution < -0.4 is 5.32 Å². The minimum absolute atomic E-state index is 0.102. The molecule has 0 aliphatic heterocycles. The Bertz CT molecular complexity index is 492. The summed E-state index contributed by atoms with van der Waals surface area (Å²) in [5.41, 5.74) is 0.102. The molecule has 1 aliphatic rings. The van der Waals surface area contributed by atoms with Gasteiger partial charge in [-0.1, -0.05) is 26.7 Å². The maximum Gasteiger partial charge on any atom is 0.359 e. The number of carbonyl (C=O) groups excluding carboxylic acids is 2. The number of ether oxygens (including phenoxy) is 1. The Labute approximate surface area is 124 Å². The van der Waals surface area contributed by atoms with Gasteiger partial charge in [-0.3, -0.25) is 9.78 Å². The molecule has 1 fully saturated rings. The molecule has 3 unspecified atom stereocenters. The molecule has 0 radical (unpaired) electrons. The first kappa shape index (κ1) is 15.4. The lowest BCUT2D eigenvalue weighted by Gasteiger charge is -2.34. The monoisotopic (exact) mass is 291 g/mol. The zero-order valence-electron chi connectivity index (χ0n) is 12.4. The molecule has 2 rings (SSSR count). The Morgan fingerprint density at radius 1 is 1.33 bits per heavy atom. The van der Waals surface area contributed by atoms with E-state index < -0.39 is 5.97 Å². The predicted octanol–water partition coefficient (Wildman–Crippen LogP) is 1.57.